The summed E-state index contributed by atoms with van der Waals surface area (Å²) < 4.78 is 18.0. The van der Waals surface area contributed by atoms with E-state index in [4.69, 9.17) is 4.52 Å². The van der Waals surface area contributed by atoms with Crippen molar-refractivity contribution in [2.45, 2.75) is 12.8 Å². The van der Waals surface area contributed by atoms with Crippen LogP contribution in [-0.4, -0.2) is 23.2 Å². The fraction of sp³-hybridized carbons (Fsp3) is 0.385. The van der Waals surface area contributed by atoms with Crippen molar-refractivity contribution in [1.29, 1.82) is 0 Å². The Bertz CT molecular complexity index is 517. The molecular weight excluding hydrogens is 233 g/mol. The van der Waals surface area contributed by atoms with Gasteiger partial charge in [0.25, 0.3) is 5.89 Å². The molecule has 1 fully saturated rings. The Morgan fingerprint density at radius 1 is 1.33 bits per heavy atom. The van der Waals surface area contributed by atoms with E-state index in [1.165, 1.54) is 12.1 Å². The molecule has 0 aliphatic carbocycles. The Balaban J connectivity index is 1.74. The van der Waals surface area contributed by atoms with Gasteiger partial charge in [0.05, 0.1) is 0 Å². The van der Waals surface area contributed by atoms with E-state index in [1.807, 2.05) is 0 Å². The van der Waals surface area contributed by atoms with Crippen LogP contribution in [0.1, 0.15) is 12.2 Å². The maximum atomic E-state index is 12.8. The zero-order valence-electron chi connectivity index (χ0n) is 9.90. The smallest absolute Gasteiger partial charge is 0.257 e. The highest BCUT2D eigenvalue weighted by atomic mass is 19.1. The summed E-state index contributed by atoms with van der Waals surface area (Å²) in [4.78, 5) is 4.35. The molecule has 0 spiro atoms. The van der Waals surface area contributed by atoms with Crippen LogP contribution in [-0.2, 0) is 6.42 Å². The molecule has 1 N–H and O–H groups in total. The minimum absolute atomic E-state index is 0.268. The van der Waals surface area contributed by atoms with Crippen LogP contribution >= 0.6 is 0 Å². The van der Waals surface area contributed by atoms with Gasteiger partial charge in [-0.3, -0.25) is 0 Å². The number of halogens is 1. The topological polar surface area (TPSA) is 51.0 Å². The van der Waals surface area contributed by atoms with Crippen molar-refractivity contribution >= 4 is 0 Å². The number of rotatable bonds is 3. The average Bonchev–Trinajstić information content (AvgIpc) is 3.02. The number of hydrogen-bond donors (Lipinski definition) is 1. The lowest BCUT2D eigenvalue weighted by molar-refractivity contribution is 0.415. The van der Waals surface area contributed by atoms with Gasteiger partial charge in [-0.1, -0.05) is 5.16 Å². The number of benzene rings is 1. The van der Waals surface area contributed by atoms with Crippen molar-refractivity contribution in [1.82, 2.24) is 15.5 Å². The van der Waals surface area contributed by atoms with Gasteiger partial charge in [0, 0.05) is 12.0 Å². The molecule has 2 heterocycles. The first-order chi connectivity index (χ1) is 8.81. The third-order valence-corrected chi connectivity index (χ3v) is 3.19. The fourth-order valence-corrected chi connectivity index (χ4v) is 2.19. The normalized spacial score (nSPS) is 19.3. The lowest BCUT2D eigenvalue weighted by Gasteiger charge is -2.01. The first-order valence-corrected chi connectivity index (χ1v) is 6.10. The van der Waals surface area contributed by atoms with E-state index >= 15 is 0 Å². The highest BCUT2D eigenvalue weighted by Crippen LogP contribution is 2.19. The van der Waals surface area contributed by atoms with Crippen LogP contribution in [0.4, 0.5) is 4.39 Å². The van der Waals surface area contributed by atoms with Crippen molar-refractivity contribution in [3.8, 4) is 11.5 Å². The van der Waals surface area contributed by atoms with Crippen molar-refractivity contribution in [3.05, 3.63) is 35.9 Å². The molecule has 1 aliphatic heterocycles. The summed E-state index contributed by atoms with van der Waals surface area (Å²) in [6.07, 6.45) is 1.98. The highest BCUT2D eigenvalue weighted by molar-refractivity contribution is 5.52. The van der Waals surface area contributed by atoms with Gasteiger partial charge in [-0.2, -0.15) is 4.98 Å². The first-order valence-electron chi connectivity index (χ1n) is 6.10. The van der Waals surface area contributed by atoms with Gasteiger partial charge < -0.3 is 9.84 Å². The second kappa shape index (κ2) is 4.86. The van der Waals surface area contributed by atoms with Crippen molar-refractivity contribution in [2.24, 2.45) is 5.92 Å². The molecule has 1 atom stereocenters. The minimum atomic E-state index is -0.268. The van der Waals surface area contributed by atoms with E-state index in [0.29, 0.717) is 11.8 Å². The third kappa shape index (κ3) is 2.41. The first kappa shape index (κ1) is 11.3. The molecule has 1 saturated heterocycles. The Hall–Kier alpha value is -1.75. The zero-order valence-corrected chi connectivity index (χ0v) is 9.90. The van der Waals surface area contributed by atoms with Gasteiger partial charge in [-0.25, -0.2) is 4.39 Å². The average molecular weight is 247 g/mol. The van der Waals surface area contributed by atoms with Crippen molar-refractivity contribution in [3.63, 3.8) is 0 Å². The summed E-state index contributed by atoms with van der Waals surface area (Å²) in [6, 6.07) is 6.06. The van der Waals surface area contributed by atoms with Gasteiger partial charge in [-0.05, 0) is 49.7 Å². The number of nitrogens with one attached hydrogen (secondary N) is 1. The molecule has 1 aromatic heterocycles. The highest BCUT2D eigenvalue weighted by Gasteiger charge is 2.18. The van der Waals surface area contributed by atoms with E-state index < -0.39 is 0 Å². The largest absolute Gasteiger partial charge is 0.334 e. The molecule has 1 unspecified atom stereocenters. The summed E-state index contributed by atoms with van der Waals surface area (Å²) >= 11 is 0. The maximum Gasteiger partial charge on any atom is 0.257 e. The van der Waals surface area contributed by atoms with Crippen LogP contribution in [0.2, 0.25) is 0 Å². The second-order valence-electron chi connectivity index (χ2n) is 4.59. The molecule has 0 radical (unpaired) electrons. The lowest BCUT2D eigenvalue weighted by atomic mass is 10.1. The predicted molar refractivity (Wildman–Crippen MR) is 64.4 cm³/mol. The van der Waals surface area contributed by atoms with Crippen LogP contribution in [0.3, 0.4) is 0 Å². The molecule has 0 saturated carbocycles. The maximum absolute atomic E-state index is 12.8. The van der Waals surface area contributed by atoms with E-state index in [1.54, 1.807) is 12.1 Å². The predicted octanol–water partition coefficient (Wildman–Crippen LogP) is 2.03. The van der Waals surface area contributed by atoms with E-state index in [2.05, 4.69) is 15.5 Å². The molecule has 3 rings (SSSR count). The van der Waals surface area contributed by atoms with Gasteiger partial charge in [0.15, 0.2) is 5.82 Å². The van der Waals surface area contributed by atoms with Crippen LogP contribution in [0, 0.1) is 11.7 Å². The molecular formula is C13H14FN3O. The summed E-state index contributed by atoms with van der Waals surface area (Å²) in [5.41, 5.74) is 0.750. The summed E-state index contributed by atoms with van der Waals surface area (Å²) in [5.74, 6) is 1.50. The number of hydrogen-bond acceptors (Lipinski definition) is 4. The summed E-state index contributed by atoms with van der Waals surface area (Å²) in [6.45, 7) is 2.08. The second-order valence-corrected chi connectivity index (χ2v) is 4.59. The summed E-state index contributed by atoms with van der Waals surface area (Å²) in [7, 11) is 0. The molecule has 4 nitrogen and oxygen atoms in total. The Kier molecular flexibility index (Phi) is 3.06. The number of aromatic nitrogens is 2. The van der Waals surface area contributed by atoms with Gasteiger partial charge >= 0.3 is 0 Å². The molecule has 18 heavy (non-hydrogen) atoms. The van der Waals surface area contributed by atoms with E-state index in [0.717, 1.165) is 37.3 Å². The monoisotopic (exact) mass is 247 g/mol. The Morgan fingerprint density at radius 3 is 2.89 bits per heavy atom. The van der Waals surface area contributed by atoms with Crippen LogP contribution < -0.4 is 5.32 Å². The molecule has 2 aromatic rings. The minimum Gasteiger partial charge on any atom is -0.334 e. The quantitative estimate of drug-likeness (QED) is 0.901. The molecule has 1 aromatic carbocycles. The van der Waals surface area contributed by atoms with Crippen molar-refractivity contribution < 1.29 is 8.91 Å². The van der Waals surface area contributed by atoms with E-state index in [9.17, 15) is 4.39 Å². The SMILES string of the molecule is Fc1ccc(-c2nc(CC3CCNC3)no2)cc1. The third-order valence-electron chi connectivity index (χ3n) is 3.19. The summed E-state index contributed by atoms with van der Waals surface area (Å²) in [5, 5.41) is 7.28. The van der Waals surface area contributed by atoms with Gasteiger partial charge in [-0.15, -0.1) is 0 Å². The molecule has 1 aliphatic rings. The van der Waals surface area contributed by atoms with Crippen LogP contribution in [0.25, 0.3) is 11.5 Å². The lowest BCUT2D eigenvalue weighted by Crippen LogP contribution is -2.11. The zero-order chi connectivity index (χ0) is 12.4. The molecule has 0 bridgehead atoms. The molecule has 5 heteroatoms. The van der Waals surface area contributed by atoms with Crippen LogP contribution in [0.5, 0.6) is 0 Å². The van der Waals surface area contributed by atoms with Gasteiger partial charge in [0.1, 0.15) is 5.82 Å². The van der Waals surface area contributed by atoms with E-state index in [-0.39, 0.29) is 5.82 Å². The standard InChI is InChI=1S/C13H14FN3O/c14-11-3-1-10(2-4-11)13-16-12(17-18-13)7-9-5-6-15-8-9/h1-4,9,15H,5-8H2. The molecule has 94 valence electrons. The van der Waals surface area contributed by atoms with Crippen molar-refractivity contribution in [2.75, 3.05) is 13.1 Å². The van der Waals surface area contributed by atoms with Gasteiger partial charge in [0.2, 0.25) is 0 Å². The van der Waals surface area contributed by atoms with Crippen LogP contribution in [0.15, 0.2) is 28.8 Å². The molecule has 0 amide bonds. The Labute approximate surface area is 104 Å². The Morgan fingerprint density at radius 2 is 2.17 bits per heavy atom. The fourth-order valence-electron chi connectivity index (χ4n) is 2.19. The number of nitrogens with zero attached hydrogens (tertiary/aromatic N) is 2.